The predicted molar refractivity (Wildman–Crippen MR) is 99.1 cm³/mol. The first-order chi connectivity index (χ1) is 11.8. The Kier molecular flexibility index (Phi) is 19.9. The van der Waals surface area contributed by atoms with Crippen LogP contribution in [0.3, 0.4) is 0 Å². The molecule has 0 radical (unpaired) electrons. The first kappa shape index (κ1) is 23.4. The van der Waals surface area contributed by atoms with Gasteiger partial charge < -0.3 is 4.74 Å². The summed E-state index contributed by atoms with van der Waals surface area (Å²) < 4.78 is 4.88. The number of ether oxygens (including phenoxy) is 1. The third kappa shape index (κ3) is 19.4. The summed E-state index contributed by atoms with van der Waals surface area (Å²) in [5, 5.41) is 8.10. The van der Waals surface area contributed by atoms with Crippen molar-refractivity contribution in [2.75, 3.05) is 13.2 Å². The van der Waals surface area contributed by atoms with Gasteiger partial charge in [-0.1, -0.05) is 96.8 Å². The standard InChI is InChI=1S/C20H40O4/c1-2-3-4-5-6-7-8-9-10-11-12-13-14-15-16-17-20(21)23-18-19-24-22/h22H,2-19H2,1H3. The maximum Gasteiger partial charge on any atom is 0.305 e. The molecular weight excluding hydrogens is 304 g/mol. The maximum absolute atomic E-state index is 11.3. The van der Waals surface area contributed by atoms with Gasteiger partial charge in [0.2, 0.25) is 0 Å². The Hall–Kier alpha value is -0.610. The number of rotatable bonds is 19. The normalized spacial score (nSPS) is 10.9. The summed E-state index contributed by atoms with van der Waals surface area (Å²) >= 11 is 0. The van der Waals surface area contributed by atoms with E-state index in [1.54, 1.807) is 0 Å². The molecule has 0 atom stereocenters. The van der Waals surface area contributed by atoms with Crippen molar-refractivity contribution >= 4 is 5.97 Å². The van der Waals surface area contributed by atoms with Crippen LogP contribution < -0.4 is 0 Å². The highest BCUT2D eigenvalue weighted by Crippen LogP contribution is 2.13. The Morgan fingerprint density at radius 2 is 1.08 bits per heavy atom. The molecule has 0 aliphatic rings. The predicted octanol–water partition coefficient (Wildman–Crippen LogP) is 6.28. The van der Waals surface area contributed by atoms with Crippen molar-refractivity contribution in [1.82, 2.24) is 0 Å². The minimum atomic E-state index is -0.193. The number of carbonyl (C=O) groups excluding carboxylic acids is 1. The van der Waals surface area contributed by atoms with Gasteiger partial charge in [0.05, 0.1) is 0 Å². The van der Waals surface area contributed by atoms with Crippen molar-refractivity contribution < 1.29 is 19.7 Å². The molecule has 0 bridgehead atoms. The zero-order valence-corrected chi connectivity index (χ0v) is 15.9. The first-order valence-electron chi connectivity index (χ1n) is 10.2. The molecule has 0 spiro atoms. The van der Waals surface area contributed by atoms with Crippen molar-refractivity contribution in [3.05, 3.63) is 0 Å². The van der Waals surface area contributed by atoms with Gasteiger partial charge in [0.1, 0.15) is 13.2 Å². The summed E-state index contributed by atoms with van der Waals surface area (Å²) in [6, 6.07) is 0. The molecule has 0 aliphatic heterocycles. The maximum atomic E-state index is 11.3. The van der Waals surface area contributed by atoms with Crippen molar-refractivity contribution in [2.24, 2.45) is 0 Å². The zero-order chi connectivity index (χ0) is 17.7. The van der Waals surface area contributed by atoms with E-state index < -0.39 is 0 Å². The van der Waals surface area contributed by atoms with Crippen molar-refractivity contribution in [1.29, 1.82) is 0 Å². The van der Waals surface area contributed by atoms with E-state index in [2.05, 4.69) is 11.8 Å². The molecule has 0 heterocycles. The molecular formula is C20H40O4. The molecule has 4 heteroatoms. The van der Waals surface area contributed by atoms with E-state index in [0.29, 0.717) is 6.42 Å². The van der Waals surface area contributed by atoms with Crippen LogP contribution in [0.25, 0.3) is 0 Å². The van der Waals surface area contributed by atoms with Gasteiger partial charge in [0, 0.05) is 6.42 Å². The molecule has 0 rings (SSSR count). The molecule has 0 aliphatic carbocycles. The highest BCUT2D eigenvalue weighted by molar-refractivity contribution is 5.69. The van der Waals surface area contributed by atoms with Gasteiger partial charge in [-0.3, -0.25) is 10.1 Å². The van der Waals surface area contributed by atoms with E-state index in [1.165, 1.54) is 83.5 Å². The van der Waals surface area contributed by atoms with Crippen LogP contribution in [0.2, 0.25) is 0 Å². The van der Waals surface area contributed by atoms with Crippen LogP contribution in [0.5, 0.6) is 0 Å². The van der Waals surface area contributed by atoms with Gasteiger partial charge >= 0.3 is 5.97 Å². The average molecular weight is 345 g/mol. The number of hydrogen-bond acceptors (Lipinski definition) is 4. The van der Waals surface area contributed by atoms with E-state index in [1.807, 2.05) is 0 Å². The summed E-state index contributed by atoms with van der Waals surface area (Å²) in [4.78, 5) is 15.1. The number of carbonyl (C=O) groups is 1. The summed E-state index contributed by atoms with van der Waals surface area (Å²) in [5.74, 6) is -0.193. The second-order valence-corrected chi connectivity index (χ2v) is 6.75. The molecule has 0 unspecified atom stereocenters. The Morgan fingerprint density at radius 3 is 1.50 bits per heavy atom. The Bertz CT molecular complexity index is 256. The number of hydrogen-bond donors (Lipinski definition) is 1. The van der Waals surface area contributed by atoms with Crippen LogP contribution in [0.1, 0.15) is 110 Å². The van der Waals surface area contributed by atoms with E-state index >= 15 is 0 Å². The summed E-state index contributed by atoms with van der Waals surface area (Å²) in [6.07, 6.45) is 20.3. The highest BCUT2D eigenvalue weighted by atomic mass is 17.1. The molecule has 144 valence electrons. The largest absolute Gasteiger partial charge is 0.463 e. The monoisotopic (exact) mass is 344 g/mol. The molecule has 4 nitrogen and oxygen atoms in total. The van der Waals surface area contributed by atoms with Crippen molar-refractivity contribution in [3.63, 3.8) is 0 Å². The molecule has 0 aromatic rings. The third-order valence-corrected chi connectivity index (χ3v) is 4.42. The summed E-state index contributed by atoms with van der Waals surface area (Å²) in [6.45, 7) is 2.45. The lowest BCUT2D eigenvalue weighted by Gasteiger charge is -2.04. The fourth-order valence-corrected chi connectivity index (χ4v) is 2.91. The molecule has 0 saturated carbocycles. The van der Waals surface area contributed by atoms with Crippen LogP contribution in [0.4, 0.5) is 0 Å². The van der Waals surface area contributed by atoms with E-state index in [-0.39, 0.29) is 19.2 Å². The second kappa shape index (κ2) is 20.4. The number of unbranched alkanes of at least 4 members (excludes halogenated alkanes) is 14. The van der Waals surface area contributed by atoms with E-state index in [4.69, 9.17) is 9.99 Å². The van der Waals surface area contributed by atoms with Crippen molar-refractivity contribution in [2.45, 2.75) is 110 Å². The molecule has 0 amide bonds. The van der Waals surface area contributed by atoms with Crippen molar-refractivity contribution in [3.8, 4) is 0 Å². The van der Waals surface area contributed by atoms with Gasteiger partial charge in [-0.25, -0.2) is 4.89 Å². The molecule has 0 aromatic carbocycles. The third-order valence-electron chi connectivity index (χ3n) is 4.42. The minimum Gasteiger partial charge on any atom is -0.463 e. The summed E-state index contributed by atoms with van der Waals surface area (Å²) in [5.41, 5.74) is 0. The molecule has 0 saturated heterocycles. The molecule has 0 aromatic heterocycles. The summed E-state index contributed by atoms with van der Waals surface area (Å²) in [7, 11) is 0. The highest BCUT2D eigenvalue weighted by Gasteiger charge is 2.02. The molecule has 24 heavy (non-hydrogen) atoms. The van der Waals surface area contributed by atoms with Gasteiger partial charge in [-0.05, 0) is 6.42 Å². The van der Waals surface area contributed by atoms with Gasteiger partial charge in [0.25, 0.3) is 0 Å². The SMILES string of the molecule is CCCCCCCCCCCCCCCCCC(=O)OCCOO. The Labute approximate surface area is 149 Å². The molecule has 1 N–H and O–H groups in total. The Balaban J connectivity index is 3.06. The zero-order valence-electron chi connectivity index (χ0n) is 15.9. The Morgan fingerprint density at radius 1 is 0.667 bits per heavy atom. The van der Waals surface area contributed by atoms with Gasteiger partial charge in [-0.2, -0.15) is 0 Å². The number of esters is 1. The fraction of sp³-hybridized carbons (Fsp3) is 0.950. The smallest absolute Gasteiger partial charge is 0.305 e. The van der Waals surface area contributed by atoms with Crippen LogP contribution in [-0.2, 0) is 14.4 Å². The molecule has 0 fully saturated rings. The minimum absolute atomic E-state index is 0.0462. The topological polar surface area (TPSA) is 55.8 Å². The van der Waals surface area contributed by atoms with Gasteiger partial charge in [0.15, 0.2) is 0 Å². The van der Waals surface area contributed by atoms with Crippen LogP contribution in [-0.4, -0.2) is 24.4 Å². The fourth-order valence-electron chi connectivity index (χ4n) is 2.91. The van der Waals surface area contributed by atoms with Crippen LogP contribution >= 0.6 is 0 Å². The first-order valence-corrected chi connectivity index (χ1v) is 10.2. The average Bonchev–Trinajstić information content (AvgIpc) is 2.58. The lowest BCUT2D eigenvalue weighted by atomic mass is 10.0. The quantitative estimate of drug-likeness (QED) is 0.130. The van der Waals surface area contributed by atoms with Crippen LogP contribution in [0, 0.1) is 0 Å². The van der Waals surface area contributed by atoms with E-state index in [0.717, 1.165) is 12.8 Å². The van der Waals surface area contributed by atoms with E-state index in [9.17, 15) is 4.79 Å². The van der Waals surface area contributed by atoms with Gasteiger partial charge in [-0.15, -0.1) is 0 Å². The lowest BCUT2D eigenvalue weighted by molar-refractivity contribution is -0.248. The second-order valence-electron chi connectivity index (χ2n) is 6.75. The van der Waals surface area contributed by atoms with Crippen LogP contribution in [0.15, 0.2) is 0 Å². The lowest BCUT2D eigenvalue weighted by Crippen LogP contribution is -2.09.